The highest BCUT2D eigenvalue weighted by molar-refractivity contribution is 7.11. The lowest BCUT2D eigenvalue weighted by Gasteiger charge is -2.31. The first kappa shape index (κ1) is 41.4. The van der Waals surface area contributed by atoms with E-state index in [1.165, 1.54) is 16.2 Å². The first-order chi connectivity index (χ1) is 25.3. The molecule has 0 spiro atoms. The van der Waals surface area contributed by atoms with Crippen LogP contribution in [0.15, 0.2) is 72.2 Å². The molecule has 4 rings (SSSR count). The Bertz CT molecular complexity index is 1730. The monoisotopic (exact) mass is 762 g/mol. The molecular formula is C40H54N6O5S2. The lowest BCUT2D eigenvalue weighted by Crippen LogP contribution is -2.57. The summed E-state index contributed by atoms with van der Waals surface area (Å²) in [5, 5.41) is 24.7. The summed E-state index contributed by atoms with van der Waals surface area (Å²) in [6, 6.07) is 16.8. The standard InChI is InChI=1S/C40H54N6O5S2/c1-25(2)35(45-39(49)46(7)22-31-24-52-38(42-31)27(5)6)36(48)44-33(19-29-16-12-9-13-17-29)34(47)20-30(18-28-14-10-8-11-15-28)43-40(50)51-23-32-21-41-37(53-32)26(3)4/h8-17,21,24-27,30,33-35,47H,18-20,22-23H2,1-7H3,(H,43,50)(H,44,48)(H,45,49)/t30-,33-,34-,35-/m0/s1. The average molecular weight is 763 g/mol. The molecule has 0 saturated carbocycles. The highest BCUT2D eigenvalue weighted by Crippen LogP contribution is 2.22. The number of hydrogen-bond donors (Lipinski definition) is 4. The van der Waals surface area contributed by atoms with Gasteiger partial charge in [0.1, 0.15) is 12.6 Å². The van der Waals surface area contributed by atoms with E-state index in [0.29, 0.717) is 25.3 Å². The van der Waals surface area contributed by atoms with Gasteiger partial charge in [0.2, 0.25) is 5.91 Å². The summed E-state index contributed by atoms with van der Waals surface area (Å²) in [4.78, 5) is 51.8. The number of urea groups is 1. The Hall–Kier alpha value is -4.33. The number of nitrogens with zero attached hydrogens (tertiary/aromatic N) is 3. The van der Waals surface area contributed by atoms with Crippen molar-refractivity contribution in [3.63, 3.8) is 0 Å². The fourth-order valence-electron chi connectivity index (χ4n) is 5.73. The number of amides is 4. The van der Waals surface area contributed by atoms with E-state index in [4.69, 9.17) is 4.74 Å². The normalized spacial score (nSPS) is 13.7. The van der Waals surface area contributed by atoms with Gasteiger partial charge in [0.05, 0.1) is 39.3 Å². The van der Waals surface area contributed by atoms with Crippen molar-refractivity contribution in [2.24, 2.45) is 5.92 Å². The molecule has 0 fully saturated rings. The van der Waals surface area contributed by atoms with Gasteiger partial charge >= 0.3 is 12.1 Å². The lowest BCUT2D eigenvalue weighted by atomic mass is 9.93. The second kappa shape index (κ2) is 20.2. The van der Waals surface area contributed by atoms with E-state index in [1.807, 2.05) is 79.9 Å². The van der Waals surface area contributed by atoms with Crippen molar-refractivity contribution < 1.29 is 24.2 Å². The van der Waals surface area contributed by atoms with Crippen LogP contribution in [0.1, 0.15) is 91.5 Å². The average Bonchev–Trinajstić information content (AvgIpc) is 3.80. The molecule has 4 aromatic rings. The number of thiazole rings is 2. The molecule has 2 aromatic carbocycles. The number of aliphatic hydroxyl groups excluding tert-OH is 1. The Labute approximate surface area is 321 Å². The molecule has 0 aliphatic rings. The van der Waals surface area contributed by atoms with Crippen molar-refractivity contribution in [3.8, 4) is 0 Å². The molecule has 0 aliphatic heterocycles. The van der Waals surface area contributed by atoms with E-state index in [0.717, 1.165) is 31.7 Å². The van der Waals surface area contributed by atoms with Gasteiger partial charge in [0, 0.05) is 36.5 Å². The second-order valence-electron chi connectivity index (χ2n) is 14.4. The van der Waals surface area contributed by atoms with E-state index < -0.39 is 42.3 Å². The van der Waals surface area contributed by atoms with Gasteiger partial charge < -0.3 is 30.7 Å². The third kappa shape index (κ3) is 13.2. The predicted octanol–water partition coefficient (Wildman–Crippen LogP) is 7.03. The number of aliphatic hydroxyl groups is 1. The molecule has 4 amide bonds. The van der Waals surface area contributed by atoms with Gasteiger partial charge in [-0.05, 0) is 36.3 Å². The van der Waals surface area contributed by atoms with Crippen LogP contribution in [-0.2, 0) is 35.5 Å². The highest BCUT2D eigenvalue weighted by Gasteiger charge is 2.31. The zero-order valence-corrected chi connectivity index (χ0v) is 33.4. The Morgan fingerprint density at radius 3 is 2.04 bits per heavy atom. The van der Waals surface area contributed by atoms with Gasteiger partial charge in [0.25, 0.3) is 0 Å². The molecule has 0 aliphatic carbocycles. The molecule has 0 radical (unpaired) electrons. The van der Waals surface area contributed by atoms with E-state index in [9.17, 15) is 19.5 Å². The highest BCUT2D eigenvalue weighted by atomic mass is 32.1. The van der Waals surface area contributed by atoms with Gasteiger partial charge in [-0.2, -0.15) is 0 Å². The van der Waals surface area contributed by atoms with Crippen molar-refractivity contribution in [3.05, 3.63) is 104 Å². The minimum atomic E-state index is -1.06. The molecule has 13 heteroatoms. The van der Waals surface area contributed by atoms with Gasteiger partial charge in [0.15, 0.2) is 0 Å². The zero-order chi connectivity index (χ0) is 38.5. The Morgan fingerprint density at radius 2 is 1.47 bits per heavy atom. The van der Waals surface area contributed by atoms with E-state index >= 15 is 0 Å². The van der Waals surface area contributed by atoms with Crippen LogP contribution >= 0.6 is 22.7 Å². The van der Waals surface area contributed by atoms with Gasteiger partial charge in [-0.3, -0.25) is 4.79 Å². The number of aromatic nitrogens is 2. The molecule has 2 heterocycles. The predicted molar refractivity (Wildman–Crippen MR) is 211 cm³/mol. The minimum Gasteiger partial charge on any atom is -0.444 e. The molecule has 0 bridgehead atoms. The maximum atomic E-state index is 13.9. The van der Waals surface area contributed by atoms with E-state index in [1.54, 1.807) is 24.6 Å². The third-order valence-electron chi connectivity index (χ3n) is 8.71. The molecule has 11 nitrogen and oxygen atoms in total. The van der Waals surface area contributed by atoms with Crippen LogP contribution in [-0.4, -0.2) is 69.3 Å². The van der Waals surface area contributed by atoms with Crippen molar-refractivity contribution in [2.45, 2.75) is 110 Å². The number of alkyl carbamates (subject to hydrolysis) is 1. The number of carbonyl (C=O) groups is 3. The Balaban J connectivity index is 1.47. The summed E-state index contributed by atoms with van der Waals surface area (Å²) < 4.78 is 5.58. The van der Waals surface area contributed by atoms with Gasteiger partial charge in [-0.25, -0.2) is 19.6 Å². The first-order valence-electron chi connectivity index (χ1n) is 18.2. The molecule has 4 atom stereocenters. The third-order valence-corrected chi connectivity index (χ3v) is 11.2. The van der Waals surface area contributed by atoms with E-state index in [2.05, 4.69) is 53.6 Å². The number of benzene rings is 2. The summed E-state index contributed by atoms with van der Waals surface area (Å²) in [6.45, 7) is 12.4. The van der Waals surface area contributed by atoms with Crippen molar-refractivity contribution in [1.82, 2.24) is 30.8 Å². The fourth-order valence-corrected chi connectivity index (χ4v) is 7.39. The smallest absolute Gasteiger partial charge is 0.407 e. The SMILES string of the molecule is CC(C)c1nc(CN(C)C(=O)N[C@H](C(=O)N[C@@H](Cc2ccccc2)[C@@H](O)C[C@H](Cc2ccccc2)NC(=O)OCc2cnc(C(C)C)s2)C(C)C)cs1. The molecule has 53 heavy (non-hydrogen) atoms. The Morgan fingerprint density at radius 1 is 0.849 bits per heavy atom. The van der Waals surface area contributed by atoms with Crippen LogP contribution in [0.5, 0.6) is 0 Å². The quantitative estimate of drug-likeness (QED) is 0.0852. The summed E-state index contributed by atoms with van der Waals surface area (Å²) >= 11 is 3.08. The summed E-state index contributed by atoms with van der Waals surface area (Å²) in [7, 11) is 1.67. The van der Waals surface area contributed by atoms with E-state index in [-0.39, 0.29) is 24.9 Å². The molecule has 286 valence electrons. The largest absolute Gasteiger partial charge is 0.444 e. The molecule has 0 saturated heterocycles. The summed E-state index contributed by atoms with van der Waals surface area (Å²) in [5.74, 6) is -0.0724. The van der Waals surface area contributed by atoms with Crippen molar-refractivity contribution >= 4 is 40.7 Å². The maximum absolute atomic E-state index is 13.9. The summed E-state index contributed by atoms with van der Waals surface area (Å²) in [5.41, 5.74) is 2.68. The van der Waals surface area contributed by atoms with Gasteiger partial charge in [-0.15, -0.1) is 22.7 Å². The maximum Gasteiger partial charge on any atom is 0.407 e. The van der Waals surface area contributed by atoms with Crippen LogP contribution in [0.25, 0.3) is 0 Å². The second-order valence-corrected chi connectivity index (χ2v) is 16.4. The summed E-state index contributed by atoms with van der Waals surface area (Å²) in [6.07, 6.45) is 0.962. The molecular weight excluding hydrogens is 709 g/mol. The van der Waals surface area contributed by atoms with Crippen molar-refractivity contribution in [1.29, 1.82) is 0 Å². The number of carbonyl (C=O) groups excluding carboxylic acids is 3. The molecule has 0 unspecified atom stereocenters. The number of hydrogen-bond acceptors (Lipinski definition) is 9. The number of nitrogens with one attached hydrogen (secondary N) is 3. The van der Waals surface area contributed by atoms with Gasteiger partial charge in [-0.1, -0.05) is 102 Å². The minimum absolute atomic E-state index is 0.0871. The van der Waals surface area contributed by atoms with Crippen LogP contribution in [0.4, 0.5) is 9.59 Å². The zero-order valence-electron chi connectivity index (χ0n) is 31.7. The Kier molecular flexibility index (Phi) is 15.8. The van der Waals surface area contributed by atoms with Crippen molar-refractivity contribution in [2.75, 3.05) is 7.05 Å². The van der Waals surface area contributed by atoms with Crippen LogP contribution in [0.2, 0.25) is 0 Å². The van der Waals surface area contributed by atoms with Crippen LogP contribution in [0.3, 0.4) is 0 Å². The van der Waals surface area contributed by atoms with Crippen LogP contribution in [0, 0.1) is 5.92 Å². The number of rotatable bonds is 18. The topological polar surface area (TPSA) is 146 Å². The molecule has 2 aromatic heterocycles. The number of ether oxygens (including phenoxy) is 1. The lowest BCUT2D eigenvalue weighted by molar-refractivity contribution is -0.125. The fraction of sp³-hybridized carbons (Fsp3) is 0.475. The van der Waals surface area contributed by atoms with Crippen LogP contribution < -0.4 is 16.0 Å². The first-order valence-corrected chi connectivity index (χ1v) is 19.9. The molecule has 4 N–H and O–H groups in total.